The first kappa shape index (κ1) is 17.3. The van der Waals surface area contributed by atoms with E-state index in [1.54, 1.807) is 0 Å². The Morgan fingerprint density at radius 1 is 1.45 bits per heavy atom. The summed E-state index contributed by atoms with van der Waals surface area (Å²) >= 11 is 6.02. The maximum atomic E-state index is 12.7. The second-order valence-electron chi connectivity index (χ2n) is 5.79. The van der Waals surface area contributed by atoms with Gasteiger partial charge in [-0.15, -0.1) is 12.4 Å². The molecular formula is C15H22Cl2N2O. The van der Waals surface area contributed by atoms with Gasteiger partial charge in [-0.25, -0.2) is 0 Å². The first-order valence-corrected chi connectivity index (χ1v) is 7.10. The van der Waals surface area contributed by atoms with Crippen molar-refractivity contribution in [1.29, 1.82) is 0 Å². The van der Waals surface area contributed by atoms with Crippen molar-refractivity contribution in [3.05, 3.63) is 34.9 Å². The van der Waals surface area contributed by atoms with Gasteiger partial charge in [0.25, 0.3) is 0 Å². The molecule has 1 aliphatic heterocycles. The molecule has 112 valence electrons. The molecule has 0 radical (unpaired) electrons. The summed E-state index contributed by atoms with van der Waals surface area (Å²) < 4.78 is 0. The lowest BCUT2D eigenvalue weighted by Gasteiger charge is -2.36. The molecule has 2 rings (SSSR count). The minimum Gasteiger partial charge on any atom is -0.340 e. The molecule has 0 aromatic heterocycles. The monoisotopic (exact) mass is 316 g/mol. The number of halogens is 2. The van der Waals surface area contributed by atoms with Crippen LogP contribution in [0.1, 0.15) is 32.3 Å². The minimum atomic E-state index is -0.567. The van der Waals surface area contributed by atoms with Crippen LogP contribution in [0, 0.1) is 0 Å². The van der Waals surface area contributed by atoms with Crippen LogP contribution in [0.25, 0.3) is 0 Å². The third-order valence-electron chi connectivity index (χ3n) is 3.83. The normalized spacial score (nSPS) is 19.4. The number of carbonyl (C=O) groups excluding carboxylic acids is 1. The molecule has 0 spiro atoms. The summed E-state index contributed by atoms with van der Waals surface area (Å²) in [5.41, 5.74) is 6.33. The number of likely N-dealkylation sites (tertiary alicyclic amines) is 1. The number of rotatable bonds is 2. The number of hydrogen-bond donors (Lipinski definition) is 1. The molecule has 5 heteroatoms. The van der Waals surface area contributed by atoms with Crippen LogP contribution in [0.15, 0.2) is 24.3 Å². The molecule has 1 aromatic rings. The summed E-state index contributed by atoms with van der Waals surface area (Å²) in [6.07, 6.45) is 1.99. The highest BCUT2D eigenvalue weighted by Crippen LogP contribution is 2.28. The molecule has 1 amide bonds. The van der Waals surface area contributed by atoms with Crippen LogP contribution < -0.4 is 5.73 Å². The highest BCUT2D eigenvalue weighted by Gasteiger charge is 2.35. The zero-order chi connectivity index (χ0) is 14.0. The zero-order valence-corrected chi connectivity index (χ0v) is 13.5. The van der Waals surface area contributed by atoms with E-state index < -0.39 is 5.41 Å². The average Bonchev–Trinajstić information content (AvgIpc) is 2.38. The quantitative estimate of drug-likeness (QED) is 0.911. The molecule has 1 saturated heterocycles. The number of piperidine rings is 1. The Morgan fingerprint density at radius 2 is 2.15 bits per heavy atom. The molecule has 2 N–H and O–H groups in total. The van der Waals surface area contributed by atoms with Gasteiger partial charge in [-0.05, 0) is 44.4 Å². The van der Waals surface area contributed by atoms with E-state index in [0.717, 1.165) is 24.9 Å². The maximum Gasteiger partial charge on any atom is 0.232 e. The van der Waals surface area contributed by atoms with E-state index in [-0.39, 0.29) is 24.4 Å². The van der Waals surface area contributed by atoms with Crippen molar-refractivity contribution in [3.8, 4) is 0 Å². The first-order valence-electron chi connectivity index (χ1n) is 6.72. The van der Waals surface area contributed by atoms with Gasteiger partial charge >= 0.3 is 0 Å². The highest BCUT2D eigenvalue weighted by molar-refractivity contribution is 6.30. The Bertz CT molecular complexity index is 477. The van der Waals surface area contributed by atoms with Gasteiger partial charge in [0, 0.05) is 24.2 Å². The van der Waals surface area contributed by atoms with E-state index in [2.05, 4.69) is 0 Å². The fourth-order valence-electron chi connectivity index (χ4n) is 2.59. The second kappa shape index (κ2) is 6.79. The van der Waals surface area contributed by atoms with Gasteiger partial charge in [0.15, 0.2) is 0 Å². The van der Waals surface area contributed by atoms with Crippen LogP contribution in [0.3, 0.4) is 0 Å². The van der Waals surface area contributed by atoms with E-state index in [0.29, 0.717) is 11.6 Å². The number of benzene rings is 1. The number of nitrogens with two attached hydrogens (primary N) is 1. The third-order valence-corrected chi connectivity index (χ3v) is 4.06. The molecule has 0 aliphatic carbocycles. The molecule has 1 unspecified atom stereocenters. The van der Waals surface area contributed by atoms with Crippen LogP contribution >= 0.6 is 24.0 Å². The van der Waals surface area contributed by atoms with Crippen molar-refractivity contribution in [2.75, 3.05) is 13.1 Å². The minimum absolute atomic E-state index is 0. The maximum absolute atomic E-state index is 12.7. The Hall–Kier alpha value is -0.770. The van der Waals surface area contributed by atoms with Crippen molar-refractivity contribution in [2.24, 2.45) is 5.73 Å². The van der Waals surface area contributed by atoms with Crippen molar-refractivity contribution < 1.29 is 4.79 Å². The number of hydrogen-bond acceptors (Lipinski definition) is 2. The fourth-order valence-corrected chi connectivity index (χ4v) is 2.78. The Balaban J connectivity index is 0.00000200. The third kappa shape index (κ3) is 3.66. The van der Waals surface area contributed by atoms with E-state index in [4.69, 9.17) is 17.3 Å². The largest absolute Gasteiger partial charge is 0.340 e. The van der Waals surface area contributed by atoms with Crippen LogP contribution in [0.4, 0.5) is 0 Å². The topological polar surface area (TPSA) is 46.3 Å². The predicted octanol–water partition coefficient (Wildman–Crippen LogP) is 2.99. The predicted molar refractivity (Wildman–Crippen MR) is 85.5 cm³/mol. The summed E-state index contributed by atoms with van der Waals surface area (Å²) in [6.45, 7) is 5.35. The summed E-state index contributed by atoms with van der Waals surface area (Å²) in [7, 11) is 0. The van der Waals surface area contributed by atoms with Gasteiger partial charge in [0.1, 0.15) is 0 Å². The number of nitrogens with zero attached hydrogens (tertiary/aromatic N) is 1. The summed E-state index contributed by atoms with van der Waals surface area (Å²) in [4.78, 5) is 14.6. The standard InChI is InChI=1S/C15H21ClN2O.ClH/c1-15(2,11-5-3-6-12(16)9-11)14(19)18-8-4-7-13(17)10-18;/h3,5-6,9,13H,4,7-8,10,17H2,1-2H3;1H. The molecule has 1 atom stereocenters. The summed E-state index contributed by atoms with van der Waals surface area (Å²) in [5, 5.41) is 0.661. The van der Waals surface area contributed by atoms with E-state index in [1.165, 1.54) is 0 Å². The molecule has 0 bridgehead atoms. The van der Waals surface area contributed by atoms with Crippen molar-refractivity contribution in [1.82, 2.24) is 4.90 Å². The fraction of sp³-hybridized carbons (Fsp3) is 0.533. The van der Waals surface area contributed by atoms with Crippen LogP contribution in [0.2, 0.25) is 5.02 Å². The van der Waals surface area contributed by atoms with Crippen LogP contribution in [-0.4, -0.2) is 29.9 Å². The SMILES string of the molecule is CC(C)(C(=O)N1CCCC(N)C1)c1cccc(Cl)c1.Cl. The molecule has 1 heterocycles. The molecule has 20 heavy (non-hydrogen) atoms. The van der Waals surface area contributed by atoms with Gasteiger partial charge in [0.2, 0.25) is 5.91 Å². The van der Waals surface area contributed by atoms with E-state index in [9.17, 15) is 4.79 Å². The highest BCUT2D eigenvalue weighted by atomic mass is 35.5. The second-order valence-corrected chi connectivity index (χ2v) is 6.23. The Morgan fingerprint density at radius 3 is 2.75 bits per heavy atom. The van der Waals surface area contributed by atoms with Crippen molar-refractivity contribution in [3.63, 3.8) is 0 Å². The van der Waals surface area contributed by atoms with E-state index >= 15 is 0 Å². The lowest BCUT2D eigenvalue weighted by molar-refractivity contribution is -0.137. The van der Waals surface area contributed by atoms with Crippen LogP contribution in [0.5, 0.6) is 0 Å². The Labute approximate surface area is 131 Å². The molecule has 1 aliphatic rings. The molecule has 3 nitrogen and oxygen atoms in total. The average molecular weight is 317 g/mol. The summed E-state index contributed by atoms with van der Waals surface area (Å²) in [6, 6.07) is 7.63. The van der Waals surface area contributed by atoms with Gasteiger partial charge in [0.05, 0.1) is 5.41 Å². The summed E-state index contributed by atoms with van der Waals surface area (Å²) in [5.74, 6) is 0.130. The van der Waals surface area contributed by atoms with E-state index in [1.807, 2.05) is 43.0 Å². The van der Waals surface area contributed by atoms with Gasteiger partial charge < -0.3 is 10.6 Å². The van der Waals surface area contributed by atoms with Crippen LogP contribution in [-0.2, 0) is 10.2 Å². The number of amides is 1. The Kier molecular flexibility index (Phi) is 5.87. The number of carbonyl (C=O) groups is 1. The van der Waals surface area contributed by atoms with Crippen molar-refractivity contribution in [2.45, 2.75) is 38.1 Å². The van der Waals surface area contributed by atoms with Gasteiger partial charge in [-0.1, -0.05) is 23.7 Å². The lowest BCUT2D eigenvalue weighted by Crippen LogP contribution is -2.51. The van der Waals surface area contributed by atoms with Crippen molar-refractivity contribution >= 4 is 29.9 Å². The van der Waals surface area contributed by atoms with Gasteiger partial charge in [-0.3, -0.25) is 4.79 Å². The molecular weight excluding hydrogens is 295 g/mol. The smallest absolute Gasteiger partial charge is 0.232 e. The van der Waals surface area contributed by atoms with Gasteiger partial charge in [-0.2, -0.15) is 0 Å². The first-order chi connectivity index (χ1) is 8.91. The molecule has 1 aromatic carbocycles. The lowest BCUT2D eigenvalue weighted by atomic mass is 9.82. The molecule has 1 fully saturated rings. The molecule has 0 saturated carbocycles. The zero-order valence-electron chi connectivity index (χ0n) is 11.9.